The van der Waals surface area contributed by atoms with E-state index in [0.29, 0.717) is 6.61 Å². The van der Waals surface area contributed by atoms with Crippen molar-refractivity contribution in [2.75, 3.05) is 6.61 Å². The minimum absolute atomic E-state index is 0.246. The van der Waals surface area contributed by atoms with Gasteiger partial charge < -0.3 is 4.84 Å². The summed E-state index contributed by atoms with van der Waals surface area (Å²) in [5.74, 6) is 5.13. The highest BCUT2D eigenvalue weighted by molar-refractivity contribution is 9.10. The molecule has 0 spiro atoms. The predicted molar refractivity (Wildman–Crippen MR) is 57.8 cm³/mol. The van der Waals surface area contributed by atoms with Gasteiger partial charge in [-0.2, -0.15) is 0 Å². The van der Waals surface area contributed by atoms with Crippen molar-refractivity contribution in [3.63, 3.8) is 0 Å². The number of nitrogens with two attached hydrogens (primary N) is 1. The maximum absolute atomic E-state index is 5.13. The first-order valence-electron chi connectivity index (χ1n) is 4.26. The first kappa shape index (κ1) is 9.65. The molecule has 0 atom stereocenters. The molecule has 1 heterocycles. The van der Waals surface area contributed by atoms with Crippen LogP contribution in [0.4, 0.5) is 0 Å². The first-order valence-corrected chi connectivity index (χ1v) is 5.87. The number of thiophene rings is 1. The highest BCUT2D eigenvalue weighted by Gasteiger charge is 2.46. The number of hydrogen-bond acceptors (Lipinski definition) is 3. The zero-order chi connectivity index (χ0) is 9.47. The van der Waals surface area contributed by atoms with Crippen LogP contribution in [0.2, 0.25) is 0 Å². The molecule has 2 nitrogen and oxygen atoms in total. The van der Waals surface area contributed by atoms with Crippen LogP contribution in [0.5, 0.6) is 0 Å². The van der Waals surface area contributed by atoms with Crippen LogP contribution >= 0.6 is 27.3 Å². The van der Waals surface area contributed by atoms with E-state index in [4.69, 9.17) is 10.7 Å². The second-order valence-electron chi connectivity index (χ2n) is 3.61. The van der Waals surface area contributed by atoms with E-state index in [2.05, 4.69) is 28.9 Å². The van der Waals surface area contributed by atoms with Crippen molar-refractivity contribution < 1.29 is 4.84 Å². The summed E-state index contributed by atoms with van der Waals surface area (Å²) in [6.07, 6.45) is 2.41. The molecule has 1 aliphatic rings. The lowest BCUT2D eigenvalue weighted by atomic mass is 10.1. The van der Waals surface area contributed by atoms with Crippen LogP contribution in [0.25, 0.3) is 0 Å². The maximum Gasteiger partial charge on any atom is 0.0783 e. The van der Waals surface area contributed by atoms with E-state index in [1.54, 1.807) is 0 Å². The standard InChI is InChI=1S/C9H12BrNOS/c1-6-7(10)4-8(13-6)9(2-3-9)5-12-11/h4H,2-3,5,11H2,1H3. The number of aryl methyl sites for hydroxylation is 1. The molecule has 1 aliphatic carbocycles. The van der Waals surface area contributed by atoms with Gasteiger partial charge in [-0.05, 0) is 41.8 Å². The van der Waals surface area contributed by atoms with Crippen LogP contribution < -0.4 is 5.90 Å². The van der Waals surface area contributed by atoms with E-state index < -0.39 is 0 Å². The molecule has 1 saturated carbocycles. The van der Waals surface area contributed by atoms with Crippen molar-refractivity contribution in [3.8, 4) is 0 Å². The van der Waals surface area contributed by atoms with Crippen molar-refractivity contribution in [2.45, 2.75) is 25.2 Å². The molecule has 72 valence electrons. The molecule has 4 heteroatoms. The molecule has 1 aromatic rings. The number of rotatable bonds is 3. The van der Waals surface area contributed by atoms with Crippen molar-refractivity contribution in [2.24, 2.45) is 5.90 Å². The fourth-order valence-electron chi connectivity index (χ4n) is 1.49. The third kappa shape index (κ3) is 1.68. The van der Waals surface area contributed by atoms with E-state index in [-0.39, 0.29) is 5.41 Å². The molecule has 0 radical (unpaired) electrons. The van der Waals surface area contributed by atoms with Crippen LogP contribution in [0.3, 0.4) is 0 Å². The fraction of sp³-hybridized carbons (Fsp3) is 0.556. The summed E-state index contributed by atoms with van der Waals surface area (Å²) in [5.41, 5.74) is 0.246. The Morgan fingerprint density at radius 2 is 2.38 bits per heavy atom. The fourth-order valence-corrected chi connectivity index (χ4v) is 3.26. The summed E-state index contributed by atoms with van der Waals surface area (Å²) < 4.78 is 1.20. The van der Waals surface area contributed by atoms with Gasteiger partial charge >= 0.3 is 0 Å². The zero-order valence-corrected chi connectivity index (χ0v) is 9.87. The summed E-state index contributed by atoms with van der Waals surface area (Å²) >= 11 is 5.37. The molecule has 0 saturated heterocycles. The van der Waals surface area contributed by atoms with E-state index in [1.165, 1.54) is 27.1 Å². The van der Waals surface area contributed by atoms with Gasteiger partial charge in [0.15, 0.2) is 0 Å². The SMILES string of the molecule is Cc1sc(C2(CON)CC2)cc1Br. The number of halogens is 1. The molecular weight excluding hydrogens is 250 g/mol. The zero-order valence-electron chi connectivity index (χ0n) is 7.47. The van der Waals surface area contributed by atoms with Crippen molar-refractivity contribution in [3.05, 3.63) is 20.3 Å². The van der Waals surface area contributed by atoms with Gasteiger partial charge in [0.1, 0.15) is 0 Å². The monoisotopic (exact) mass is 261 g/mol. The predicted octanol–water partition coefficient (Wildman–Crippen LogP) is 2.74. The Labute approximate surface area is 90.2 Å². The Balaban J connectivity index is 2.25. The van der Waals surface area contributed by atoms with E-state index in [0.717, 1.165) is 0 Å². The van der Waals surface area contributed by atoms with Gasteiger partial charge in [0.05, 0.1) is 6.61 Å². The van der Waals surface area contributed by atoms with Crippen LogP contribution in [0.1, 0.15) is 22.6 Å². The van der Waals surface area contributed by atoms with Crippen molar-refractivity contribution in [1.29, 1.82) is 0 Å². The first-order chi connectivity index (χ1) is 6.18. The van der Waals surface area contributed by atoms with Crippen molar-refractivity contribution >= 4 is 27.3 Å². The van der Waals surface area contributed by atoms with Gasteiger partial charge in [-0.3, -0.25) is 0 Å². The molecule has 0 aromatic carbocycles. The second-order valence-corrected chi connectivity index (χ2v) is 5.72. The Hall–Kier alpha value is 0.100. The van der Waals surface area contributed by atoms with Crippen LogP contribution in [0, 0.1) is 6.92 Å². The summed E-state index contributed by atoms with van der Waals surface area (Å²) in [7, 11) is 0. The Morgan fingerprint density at radius 1 is 1.69 bits per heavy atom. The molecule has 2 rings (SSSR count). The molecule has 0 unspecified atom stereocenters. The van der Waals surface area contributed by atoms with Crippen LogP contribution in [-0.4, -0.2) is 6.61 Å². The molecule has 1 fully saturated rings. The van der Waals surface area contributed by atoms with Gasteiger partial charge in [0.25, 0.3) is 0 Å². The van der Waals surface area contributed by atoms with E-state index in [9.17, 15) is 0 Å². The number of hydrogen-bond donors (Lipinski definition) is 1. The Morgan fingerprint density at radius 3 is 2.77 bits per heavy atom. The highest BCUT2D eigenvalue weighted by Crippen LogP contribution is 2.51. The molecule has 2 N–H and O–H groups in total. The highest BCUT2D eigenvalue weighted by atomic mass is 79.9. The van der Waals surface area contributed by atoms with Gasteiger partial charge in [-0.25, -0.2) is 5.90 Å². The average molecular weight is 262 g/mol. The van der Waals surface area contributed by atoms with E-state index >= 15 is 0 Å². The van der Waals surface area contributed by atoms with Gasteiger partial charge in [-0.15, -0.1) is 11.3 Å². The molecule has 0 amide bonds. The summed E-state index contributed by atoms with van der Waals surface area (Å²) in [6.45, 7) is 2.77. The van der Waals surface area contributed by atoms with Crippen molar-refractivity contribution in [1.82, 2.24) is 0 Å². The summed E-state index contributed by atoms with van der Waals surface area (Å²) in [4.78, 5) is 7.50. The van der Waals surface area contributed by atoms with Crippen LogP contribution in [0.15, 0.2) is 10.5 Å². The maximum atomic E-state index is 5.13. The normalized spacial score (nSPS) is 19.0. The quantitative estimate of drug-likeness (QED) is 0.850. The minimum atomic E-state index is 0.246. The summed E-state index contributed by atoms with van der Waals surface area (Å²) in [5, 5.41) is 0. The smallest absolute Gasteiger partial charge is 0.0783 e. The molecule has 13 heavy (non-hydrogen) atoms. The third-order valence-corrected chi connectivity index (χ3v) is 4.98. The van der Waals surface area contributed by atoms with Gasteiger partial charge in [-0.1, -0.05) is 0 Å². The topological polar surface area (TPSA) is 35.2 Å². The Kier molecular flexibility index (Phi) is 2.49. The second kappa shape index (κ2) is 3.35. The molecular formula is C9H12BrNOS. The lowest BCUT2D eigenvalue weighted by Gasteiger charge is -2.09. The lowest BCUT2D eigenvalue weighted by Crippen LogP contribution is -2.16. The lowest BCUT2D eigenvalue weighted by molar-refractivity contribution is 0.117. The van der Waals surface area contributed by atoms with Gasteiger partial charge in [0.2, 0.25) is 0 Å². The van der Waals surface area contributed by atoms with Crippen LogP contribution in [-0.2, 0) is 10.3 Å². The minimum Gasteiger partial charge on any atom is -0.304 e. The average Bonchev–Trinajstić information content (AvgIpc) is 2.78. The largest absolute Gasteiger partial charge is 0.304 e. The summed E-state index contributed by atoms with van der Waals surface area (Å²) in [6, 6.07) is 2.20. The molecule has 1 aromatic heterocycles. The third-order valence-electron chi connectivity index (χ3n) is 2.59. The molecule has 0 aliphatic heterocycles. The van der Waals surface area contributed by atoms with E-state index in [1.807, 2.05) is 11.3 Å². The van der Waals surface area contributed by atoms with Gasteiger partial charge in [0, 0.05) is 19.6 Å². The molecule has 0 bridgehead atoms. The Bertz CT molecular complexity index is 300.